The minimum Gasteiger partial charge on any atom is -0.469 e. The van der Waals surface area contributed by atoms with Crippen LogP contribution in [0.1, 0.15) is 23.2 Å². The molecular weight excluding hydrogens is 366 g/mol. The van der Waals surface area contributed by atoms with E-state index >= 15 is 0 Å². The van der Waals surface area contributed by atoms with Crippen molar-refractivity contribution in [2.24, 2.45) is 0 Å². The van der Waals surface area contributed by atoms with E-state index in [0.29, 0.717) is 16.9 Å². The smallest absolute Gasteiger partial charge is 0.306 e. The van der Waals surface area contributed by atoms with Crippen LogP contribution in [0.2, 0.25) is 0 Å². The number of para-hydroxylation sites is 1. The lowest BCUT2D eigenvalue weighted by Gasteiger charge is -2.11. The van der Waals surface area contributed by atoms with Crippen LogP contribution in [0.4, 0.5) is 11.4 Å². The van der Waals surface area contributed by atoms with Gasteiger partial charge in [0.1, 0.15) is 0 Å². The molecule has 2 aromatic rings. The second-order valence-corrected chi connectivity index (χ2v) is 5.89. The molecule has 0 aliphatic rings. The van der Waals surface area contributed by atoms with Crippen LogP contribution >= 0.6 is 12.2 Å². The SMILES string of the molecule is COC(=O)CCC(=O)NC(=S)Nc1cccc(C(=O)Nc2ccccc2)c1. The molecule has 27 heavy (non-hydrogen) atoms. The van der Waals surface area contributed by atoms with Crippen LogP contribution in [0.25, 0.3) is 0 Å². The number of carbonyl (C=O) groups is 3. The molecule has 0 aliphatic heterocycles. The number of esters is 1. The molecule has 3 N–H and O–H groups in total. The summed E-state index contributed by atoms with van der Waals surface area (Å²) in [5, 5.41) is 8.17. The Labute approximate surface area is 162 Å². The number of ether oxygens (including phenoxy) is 1. The zero-order chi connectivity index (χ0) is 19.6. The highest BCUT2D eigenvalue weighted by Gasteiger charge is 2.10. The minimum atomic E-state index is -0.471. The third kappa shape index (κ3) is 6.87. The Bertz CT molecular complexity index is 840. The van der Waals surface area contributed by atoms with E-state index in [1.807, 2.05) is 18.2 Å². The largest absolute Gasteiger partial charge is 0.469 e. The van der Waals surface area contributed by atoms with Crippen molar-refractivity contribution in [2.45, 2.75) is 12.8 Å². The summed E-state index contributed by atoms with van der Waals surface area (Å²) < 4.78 is 4.47. The molecule has 140 valence electrons. The Morgan fingerprint density at radius 2 is 1.63 bits per heavy atom. The highest BCUT2D eigenvalue weighted by atomic mass is 32.1. The van der Waals surface area contributed by atoms with Gasteiger partial charge in [0, 0.05) is 23.4 Å². The van der Waals surface area contributed by atoms with Crippen molar-refractivity contribution in [1.29, 1.82) is 0 Å². The Morgan fingerprint density at radius 3 is 2.33 bits per heavy atom. The molecule has 0 heterocycles. The maximum atomic E-state index is 12.3. The summed E-state index contributed by atoms with van der Waals surface area (Å²) in [5.41, 5.74) is 1.67. The Balaban J connectivity index is 1.91. The van der Waals surface area contributed by atoms with Gasteiger partial charge in [0.05, 0.1) is 13.5 Å². The van der Waals surface area contributed by atoms with Crippen molar-refractivity contribution in [3.8, 4) is 0 Å². The zero-order valence-corrected chi connectivity index (χ0v) is 15.5. The fourth-order valence-electron chi connectivity index (χ4n) is 2.13. The van der Waals surface area contributed by atoms with Gasteiger partial charge in [-0.3, -0.25) is 14.4 Å². The summed E-state index contributed by atoms with van der Waals surface area (Å²) >= 11 is 5.07. The Kier molecular flexibility index (Phi) is 7.45. The standard InChI is InChI=1S/C19H19N3O4S/c1-26-17(24)11-10-16(23)22-19(27)21-15-9-5-6-13(12-15)18(25)20-14-7-3-2-4-8-14/h2-9,12H,10-11H2,1H3,(H,20,25)(H2,21,22,23,27). The fourth-order valence-corrected chi connectivity index (χ4v) is 2.36. The van der Waals surface area contributed by atoms with E-state index in [9.17, 15) is 14.4 Å². The topological polar surface area (TPSA) is 96.5 Å². The molecule has 0 fully saturated rings. The third-order valence-electron chi connectivity index (χ3n) is 3.45. The summed E-state index contributed by atoms with van der Waals surface area (Å²) in [6.45, 7) is 0. The molecular formula is C19H19N3O4S. The predicted molar refractivity (Wildman–Crippen MR) is 106 cm³/mol. The maximum Gasteiger partial charge on any atom is 0.306 e. The van der Waals surface area contributed by atoms with Crippen LogP contribution in [0, 0.1) is 0 Å². The van der Waals surface area contributed by atoms with Crippen LogP contribution in [-0.4, -0.2) is 30.0 Å². The van der Waals surface area contributed by atoms with Crippen molar-refractivity contribution in [3.05, 3.63) is 60.2 Å². The molecule has 0 bridgehead atoms. The fraction of sp³-hybridized carbons (Fsp3) is 0.158. The second kappa shape index (κ2) is 10.0. The average Bonchev–Trinajstić information content (AvgIpc) is 2.67. The highest BCUT2D eigenvalue weighted by Crippen LogP contribution is 2.13. The monoisotopic (exact) mass is 385 g/mol. The first-order valence-corrected chi connectivity index (χ1v) is 8.53. The Morgan fingerprint density at radius 1 is 0.926 bits per heavy atom. The Hall–Kier alpha value is -3.26. The molecule has 0 saturated heterocycles. The number of hydrogen-bond donors (Lipinski definition) is 3. The number of carbonyl (C=O) groups excluding carboxylic acids is 3. The number of anilines is 2. The lowest BCUT2D eigenvalue weighted by Crippen LogP contribution is -2.34. The number of thiocarbonyl (C=S) groups is 1. The van der Waals surface area contributed by atoms with E-state index in [2.05, 4.69) is 20.7 Å². The minimum absolute atomic E-state index is 0.0277. The maximum absolute atomic E-state index is 12.3. The number of hydrogen-bond acceptors (Lipinski definition) is 5. The lowest BCUT2D eigenvalue weighted by atomic mass is 10.2. The van der Waals surface area contributed by atoms with Gasteiger partial charge in [0.15, 0.2) is 5.11 Å². The van der Waals surface area contributed by atoms with Gasteiger partial charge in [-0.05, 0) is 42.5 Å². The summed E-state index contributed by atoms with van der Waals surface area (Å²) in [4.78, 5) is 35.1. The van der Waals surface area contributed by atoms with E-state index in [0.717, 1.165) is 0 Å². The number of methoxy groups -OCH3 is 1. The van der Waals surface area contributed by atoms with Crippen LogP contribution in [-0.2, 0) is 14.3 Å². The number of rotatable bonds is 6. The van der Waals surface area contributed by atoms with E-state index in [-0.39, 0.29) is 23.9 Å². The van der Waals surface area contributed by atoms with Gasteiger partial charge < -0.3 is 20.7 Å². The third-order valence-corrected chi connectivity index (χ3v) is 3.66. The van der Waals surface area contributed by atoms with Gasteiger partial charge in [-0.1, -0.05) is 24.3 Å². The van der Waals surface area contributed by atoms with Crippen LogP contribution in [0.15, 0.2) is 54.6 Å². The summed E-state index contributed by atoms with van der Waals surface area (Å²) in [6, 6.07) is 15.8. The molecule has 0 unspecified atom stereocenters. The first-order chi connectivity index (χ1) is 13.0. The molecule has 0 aromatic heterocycles. The van der Waals surface area contributed by atoms with E-state index in [4.69, 9.17) is 12.2 Å². The second-order valence-electron chi connectivity index (χ2n) is 5.48. The number of amides is 2. The summed E-state index contributed by atoms with van der Waals surface area (Å²) in [6.07, 6.45) is -0.0614. The van der Waals surface area contributed by atoms with Crippen LogP contribution < -0.4 is 16.0 Å². The zero-order valence-electron chi connectivity index (χ0n) is 14.7. The van der Waals surface area contributed by atoms with Crippen molar-refractivity contribution in [1.82, 2.24) is 5.32 Å². The van der Waals surface area contributed by atoms with Crippen molar-refractivity contribution < 1.29 is 19.1 Å². The molecule has 0 atom stereocenters. The van der Waals surface area contributed by atoms with Crippen molar-refractivity contribution in [2.75, 3.05) is 17.7 Å². The predicted octanol–water partition coefficient (Wildman–Crippen LogP) is 2.71. The molecule has 0 saturated carbocycles. The van der Waals surface area contributed by atoms with E-state index < -0.39 is 11.9 Å². The first-order valence-electron chi connectivity index (χ1n) is 8.12. The lowest BCUT2D eigenvalue weighted by molar-refractivity contribution is -0.142. The molecule has 0 aliphatic carbocycles. The summed E-state index contributed by atoms with van der Waals surface area (Å²) in [5.74, 6) is -1.14. The van der Waals surface area contributed by atoms with Crippen molar-refractivity contribution >= 4 is 46.5 Å². The number of nitrogens with one attached hydrogen (secondary N) is 3. The van der Waals surface area contributed by atoms with Gasteiger partial charge in [-0.15, -0.1) is 0 Å². The number of benzene rings is 2. The molecule has 2 rings (SSSR count). The average molecular weight is 385 g/mol. The van der Waals surface area contributed by atoms with Gasteiger partial charge in [-0.25, -0.2) is 0 Å². The molecule has 7 nitrogen and oxygen atoms in total. The normalized spacial score (nSPS) is 9.81. The van der Waals surface area contributed by atoms with E-state index in [1.165, 1.54) is 7.11 Å². The van der Waals surface area contributed by atoms with Crippen LogP contribution in [0.5, 0.6) is 0 Å². The van der Waals surface area contributed by atoms with Gasteiger partial charge in [0.25, 0.3) is 5.91 Å². The van der Waals surface area contributed by atoms with Gasteiger partial charge in [-0.2, -0.15) is 0 Å². The van der Waals surface area contributed by atoms with Crippen LogP contribution in [0.3, 0.4) is 0 Å². The molecule has 0 spiro atoms. The molecule has 2 amide bonds. The first kappa shape index (κ1) is 20.1. The van der Waals surface area contributed by atoms with E-state index in [1.54, 1.807) is 36.4 Å². The molecule has 8 heteroatoms. The van der Waals surface area contributed by atoms with Gasteiger partial charge in [0.2, 0.25) is 5.91 Å². The quantitative estimate of drug-likeness (QED) is 0.523. The molecule has 2 aromatic carbocycles. The molecule has 0 radical (unpaired) electrons. The van der Waals surface area contributed by atoms with Crippen molar-refractivity contribution in [3.63, 3.8) is 0 Å². The highest BCUT2D eigenvalue weighted by molar-refractivity contribution is 7.80. The summed E-state index contributed by atoms with van der Waals surface area (Å²) in [7, 11) is 1.26. The van der Waals surface area contributed by atoms with Gasteiger partial charge >= 0.3 is 5.97 Å².